The van der Waals surface area contributed by atoms with Gasteiger partial charge in [-0.05, 0) is 30.4 Å². The van der Waals surface area contributed by atoms with Gasteiger partial charge in [-0.15, -0.1) is 0 Å². The van der Waals surface area contributed by atoms with E-state index < -0.39 is 10.0 Å². The number of primary sulfonamides is 1. The summed E-state index contributed by atoms with van der Waals surface area (Å²) in [7, 11) is -3.37. The number of nitrogens with two attached hydrogens (primary N) is 1. The van der Waals surface area contributed by atoms with Crippen LogP contribution < -0.4 is 5.14 Å². The summed E-state index contributed by atoms with van der Waals surface area (Å²) >= 11 is 0. The Bertz CT molecular complexity index is 507. The lowest BCUT2D eigenvalue weighted by Crippen LogP contribution is -2.33. The summed E-state index contributed by atoms with van der Waals surface area (Å²) < 4.78 is 22.1. The second-order valence-corrected chi connectivity index (χ2v) is 6.97. The smallest absolute Gasteiger partial charge is 0.210 e. The first kappa shape index (κ1) is 14.5. The van der Waals surface area contributed by atoms with E-state index >= 15 is 0 Å². The molecule has 0 saturated heterocycles. The lowest BCUT2D eigenvalue weighted by Gasteiger charge is -2.21. The fourth-order valence-electron chi connectivity index (χ4n) is 2.19. The van der Waals surface area contributed by atoms with Gasteiger partial charge in [-0.3, -0.25) is 4.90 Å². The molecule has 0 spiro atoms. The fourth-order valence-corrected chi connectivity index (χ4v) is 2.68. The molecular formula is C14H22N2O2S. The molecule has 0 aromatic heterocycles. The van der Waals surface area contributed by atoms with Crippen LogP contribution in [-0.2, 0) is 23.0 Å². The van der Waals surface area contributed by atoms with Gasteiger partial charge in [0.25, 0.3) is 0 Å². The SMILES string of the molecule is CCc1ccc(CN(CCS(N)(=O)=O)C2CC2)cc1. The molecule has 0 unspecified atom stereocenters. The monoisotopic (exact) mass is 282 g/mol. The average Bonchev–Trinajstić information content (AvgIpc) is 3.18. The highest BCUT2D eigenvalue weighted by Crippen LogP contribution is 2.28. The molecule has 4 nitrogen and oxygen atoms in total. The van der Waals surface area contributed by atoms with E-state index in [9.17, 15) is 8.42 Å². The van der Waals surface area contributed by atoms with E-state index in [0.717, 1.165) is 25.8 Å². The number of hydrogen-bond acceptors (Lipinski definition) is 3. The summed E-state index contributed by atoms with van der Waals surface area (Å²) in [5.74, 6) is 0.0382. The van der Waals surface area contributed by atoms with Crippen molar-refractivity contribution in [2.45, 2.75) is 38.8 Å². The van der Waals surface area contributed by atoms with Crippen molar-refractivity contribution >= 4 is 10.0 Å². The number of hydrogen-bond donors (Lipinski definition) is 1. The molecular weight excluding hydrogens is 260 g/mol. The summed E-state index contributed by atoms with van der Waals surface area (Å²) in [5.41, 5.74) is 2.56. The van der Waals surface area contributed by atoms with E-state index in [1.807, 2.05) is 0 Å². The second-order valence-electron chi connectivity index (χ2n) is 5.24. The highest BCUT2D eigenvalue weighted by molar-refractivity contribution is 7.89. The summed E-state index contributed by atoms with van der Waals surface area (Å²) in [6.45, 7) is 3.47. The van der Waals surface area contributed by atoms with Gasteiger partial charge in [-0.2, -0.15) is 0 Å². The molecule has 19 heavy (non-hydrogen) atoms. The fraction of sp³-hybridized carbons (Fsp3) is 0.571. The van der Waals surface area contributed by atoms with Crippen molar-refractivity contribution in [3.8, 4) is 0 Å². The van der Waals surface area contributed by atoms with Gasteiger partial charge in [0.1, 0.15) is 0 Å². The molecule has 1 aliphatic carbocycles. The van der Waals surface area contributed by atoms with Crippen molar-refractivity contribution in [1.82, 2.24) is 4.90 Å². The maximum absolute atomic E-state index is 11.1. The van der Waals surface area contributed by atoms with Gasteiger partial charge >= 0.3 is 0 Å². The van der Waals surface area contributed by atoms with Crippen LogP contribution in [-0.4, -0.2) is 31.7 Å². The lowest BCUT2D eigenvalue weighted by molar-refractivity contribution is 0.270. The van der Waals surface area contributed by atoms with Crippen LogP contribution in [0, 0.1) is 0 Å². The minimum atomic E-state index is -3.37. The minimum Gasteiger partial charge on any atom is -0.295 e. The van der Waals surface area contributed by atoms with Crippen LogP contribution >= 0.6 is 0 Å². The molecule has 2 rings (SSSR count). The zero-order valence-electron chi connectivity index (χ0n) is 11.4. The Morgan fingerprint density at radius 1 is 1.21 bits per heavy atom. The number of nitrogens with zero attached hydrogens (tertiary/aromatic N) is 1. The molecule has 5 heteroatoms. The minimum absolute atomic E-state index is 0.0382. The molecule has 0 bridgehead atoms. The molecule has 1 aromatic rings. The second kappa shape index (κ2) is 6.03. The highest BCUT2D eigenvalue weighted by Gasteiger charge is 2.29. The predicted molar refractivity (Wildman–Crippen MR) is 77.2 cm³/mol. The molecule has 1 aliphatic rings. The van der Waals surface area contributed by atoms with Gasteiger partial charge in [0.05, 0.1) is 5.75 Å². The summed E-state index contributed by atoms with van der Waals surface area (Å²) in [4.78, 5) is 2.23. The molecule has 1 aromatic carbocycles. The number of rotatable bonds is 7. The zero-order chi connectivity index (χ0) is 13.9. The Morgan fingerprint density at radius 3 is 2.26 bits per heavy atom. The molecule has 2 N–H and O–H groups in total. The van der Waals surface area contributed by atoms with Gasteiger partial charge in [0.15, 0.2) is 0 Å². The van der Waals surface area contributed by atoms with Crippen LogP contribution in [0.4, 0.5) is 0 Å². The summed E-state index contributed by atoms with van der Waals surface area (Å²) in [6, 6.07) is 9.07. The van der Waals surface area contributed by atoms with E-state index in [2.05, 4.69) is 36.1 Å². The van der Waals surface area contributed by atoms with Gasteiger partial charge in [0.2, 0.25) is 10.0 Å². The van der Waals surface area contributed by atoms with Crippen LogP contribution in [0.1, 0.15) is 30.9 Å². The van der Waals surface area contributed by atoms with E-state index in [1.165, 1.54) is 11.1 Å². The molecule has 1 saturated carbocycles. The van der Waals surface area contributed by atoms with Gasteiger partial charge in [0, 0.05) is 19.1 Å². The van der Waals surface area contributed by atoms with E-state index in [1.54, 1.807) is 0 Å². The Balaban J connectivity index is 1.95. The molecule has 0 radical (unpaired) electrons. The third-order valence-corrected chi connectivity index (χ3v) is 4.29. The maximum Gasteiger partial charge on any atom is 0.210 e. The molecule has 0 aliphatic heterocycles. The maximum atomic E-state index is 11.1. The lowest BCUT2D eigenvalue weighted by atomic mass is 10.1. The van der Waals surface area contributed by atoms with Gasteiger partial charge in [-0.25, -0.2) is 13.6 Å². The molecule has 0 atom stereocenters. The van der Waals surface area contributed by atoms with Crippen LogP contribution in [0.5, 0.6) is 0 Å². The van der Waals surface area contributed by atoms with Crippen molar-refractivity contribution < 1.29 is 8.42 Å². The Kier molecular flexibility index (Phi) is 4.60. The molecule has 0 heterocycles. The van der Waals surface area contributed by atoms with Crippen LogP contribution in [0.3, 0.4) is 0 Å². The standard InChI is InChI=1S/C14H22N2O2S/c1-2-12-3-5-13(6-4-12)11-16(14-7-8-14)9-10-19(15,17)18/h3-6,14H,2,7-11H2,1H3,(H2,15,17,18). The van der Waals surface area contributed by atoms with Crippen LogP contribution in [0.15, 0.2) is 24.3 Å². The van der Waals surface area contributed by atoms with Crippen molar-refractivity contribution in [2.24, 2.45) is 5.14 Å². The first-order valence-electron chi connectivity index (χ1n) is 6.80. The molecule has 0 amide bonds. The molecule has 106 valence electrons. The Labute approximate surface area is 115 Å². The third kappa shape index (κ3) is 4.93. The number of sulfonamides is 1. The first-order valence-corrected chi connectivity index (χ1v) is 8.52. The van der Waals surface area contributed by atoms with Crippen LogP contribution in [0.2, 0.25) is 0 Å². The Morgan fingerprint density at radius 2 is 1.79 bits per heavy atom. The molecule has 1 fully saturated rings. The van der Waals surface area contributed by atoms with Crippen molar-refractivity contribution in [2.75, 3.05) is 12.3 Å². The highest BCUT2D eigenvalue weighted by atomic mass is 32.2. The summed E-state index contributed by atoms with van der Waals surface area (Å²) in [6.07, 6.45) is 3.37. The number of benzene rings is 1. The van der Waals surface area contributed by atoms with Crippen LogP contribution in [0.25, 0.3) is 0 Å². The summed E-state index contributed by atoms with van der Waals surface area (Å²) in [5, 5.41) is 5.08. The van der Waals surface area contributed by atoms with E-state index in [0.29, 0.717) is 12.6 Å². The third-order valence-electron chi connectivity index (χ3n) is 3.54. The topological polar surface area (TPSA) is 63.4 Å². The Hall–Kier alpha value is -0.910. The normalized spacial score (nSPS) is 15.9. The zero-order valence-corrected chi connectivity index (χ0v) is 12.2. The largest absolute Gasteiger partial charge is 0.295 e. The van der Waals surface area contributed by atoms with Gasteiger partial charge < -0.3 is 0 Å². The van der Waals surface area contributed by atoms with Crippen molar-refractivity contribution in [3.63, 3.8) is 0 Å². The quantitative estimate of drug-likeness (QED) is 0.824. The van der Waals surface area contributed by atoms with E-state index in [-0.39, 0.29) is 5.75 Å². The van der Waals surface area contributed by atoms with Gasteiger partial charge in [-0.1, -0.05) is 31.2 Å². The average molecular weight is 282 g/mol. The number of aryl methyl sites for hydroxylation is 1. The first-order chi connectivity index (χ1) is 8.98. The van der Waals surface area contributed by atoms with E-state index in [4.69, 9.17) is 5.14 Å². The van der Waals surface area contributed by atoms with Crippen molar-refractivity contribution in [3.05, 3.63) is 35.4 Å². The van der Waals surface area contributed by atoms with Crippen molar-refractivity contribution in [1.29, 1.82) is 0 Å². The predicted octanol–water partition coefficient (Wildman–Crippen LogP) is 1.50.